The van der Waals surface area contributed by atoms with E-state index >= 15 is 0 Å². The van der Waals surface area contributed by atoms with E-state index in [1.807, 2.05) is 31.2 Å². The maximum absolute atomic E-state index is 12.2. The SMILES string of the molecule is COC(=O)N1CCCN(C(=O)COc2ccc(C)cc2)CC1. The lowest BCUT2D eigenvalue weighted by Crippen LogP contribution is -2.39. The third-order valence-electron chi connectivity index (χ3n) is 3.66. The smallest absolute Gasteiger partial charge is 0.409 e. The van der Waals surface area contributed by atoms with E-state index < -0.39 is 0 Å². The number of aryl methyl sites for hydroxylation is 1. The second-order valence-electron chi connectivity index (χ2n) is 5.29. The summed E-state index contributed by atoms with van der Waals surface area (Å²) in [6.45, 7) is 4.24. The average molecular weight is 306 g/mol. The van der Waals surface area contributed by atoms with E-state index in [4.69, 9.17) is 9.47 Å². The molecule has 0 unspecified atom stereocenters. The second kappa shape index (κ2) is 7.68. The topological polar surface area (TPSA) is 59.1 Å². The summed E-state index contributed by atoms with van der Waals surface area (Å²) in [5.74, 6) is 0.622. The Hall–Kier alpha value is -2.24. The molecule has 2 amide bonds. The zero-order valence-corrected chi connectivity index (χ0v) is 13.1. The molecular formula is C16H22N2O4. The lowest BCUT2D eigenvalue weighted by Gasteiger charge is -2.21. The third-order valence-corrected chi connectivity index (χ3v) is 3.66. The molecule has 0 N–H and O–H groups in total. The molecule has 6 heteroatoms. The van der Waals surface area contributed by atoms with Crippen molar-refractivity contribution in [3.8, 4) is 5.75 Å². The molecule has 0 atom stereocenters. The largest absolute Gasteiger partial charge is 0.484 e. The minimum absolute atomic E-state index is 0.0152. The van der Waals surface area contributed by atoms with Gasteiger partial charge in [-0.15, -0.1) is 0 Å². The molecule has 0 radical (unpaired) electrons. The fourth-order valence-corrected chi connectivity index (χ4v) is 2.35. The molecule has 1 fully saturated rings. The van der Waals surface area contributed by atoms with Gasteiger partial charge in [-0.25, -0.2) is 4.79 Å². The molecular weight excluding hydrogens is 284 g/mol. The maximum Gasteiger partial charge on any atom is 0.409 e. The van der Waals surface area contributed by atoms with E-state index in [-0.39, 0.29) is 18.6 Å². The van der Waals surface area contributed by atoms with Gasteiger partial charge in [0.05, 0.1) is 7.11 Å². The van der Waals surface area contributed by atoms with Crippen LogP contribution >= 0.6 is 0 Å². The molecule has 0 aromatic heterocycles. The number of hydrogen-bond donors (Lipinski definition) is 0. The van der Waals surface area contributed by atoms with Crippen molar-refractivity contribution < 1.29 is 19.1 Å². The monoisotopic (exact) mass is 306 g/mol. The van der Waals surface area contributed by atoms with Gasteiger partial charge in [-0.1, -0.05) is 17.7 Å². The fourth-order valence-electron chi connectivity index (χ4n) is 2.35. The van der Waals surface area contributed by atoms with Gasteiger partial charge >= 0.3 is 6.09 Å². The molecule has 1 aliphatic rings. The summed E-state index contributed by atoms with van der Waals surface area (Å²) in [7, 11) is 1.37. The summed E-state index contributed by atoms with van der Waals surface area (Å²) in [6.07, 6.45) is 0.399. The normalized spacial score (nSPS) is 15.2. The minimum Gasteiger partial charge on any atom is -0.484 e. The van der Waals surface area contributed by atoms with E-state index in [0.29, 0.717) is 31.9 Å². The van der Waals surface area contributed by atoms with Crippen LogP contribution in [0, 0.1) is 6.92 Å². The zero-order chi connectivity index (χ0) is 15.9. The van der Waals surface area contributed by atoms with Crippen LogP contribution in [0.4, 0.5) is 4.79 Å². The van der Waals surface area contributed by atoms with Crippen LogP contribution in [0.1, 0.15) is 12.0 Å². The van der Waals surface area contributed by atoms with Gasteiger partial charge in [0.25, 0.3) is 5.91 Å². The number of rotatable bonds is 3. The highest BCUT2D eigenvalue weighted by Gasteiger charge is 2.22. The van der Waals surface area contributed by atoms with E-state index in [9.17, 15) is 9.59 Å². The van der Waals surface area contributed by atoms with Crippen LogP contribution in [0.3, 0.4) is 0 Å². The number of nitrogens with zero attached hydrogens (tertiary/aromatic N) is 2. The van der Waals surface area contributed by atoms with Crippen molar-refractivity contribution >= 4 is 12.0 Å². The van der Waals surface area contributed by atoms with E-state index in [0.717, 1.165) is 12.0 Å². The van der Waals surface area contributed by atoms with Crippen LogP contribution in [0.2, 0.25) is 0 Å². The second-order valence-corrected chi connectivity index (χ2v) is 5.29. The summed E-state index contributed by atoms with van der Waals surface area (Å²) < 4.78 is 10.2. The number of methoxy groups -OCH3 is 1. The van der Waals surface area contributed by atoms with Gasteiger partial charge in [-0.2, -0.15) is 0 Å². The number of amides is 2. The van der Waals surface area contributed by atoms with Gasteiger partial charge < -0.3 is 19.3 Å². The minimum atomic E-state index is -0.342. The summed E-state index contributed by atoms with van der Waals surface area (Å²) in [6, 6.07) is 7.59. The van der Waals surface area contributed by atoms with Crippen LogP contribution in [0.5, 0.6) is 5.75 Å². The van der Waals surface area contributed by atoms with Gasteiger partial charge in [-0.3, -0.25) is 4.79 Å². The Morgan fingerprint density at radius 2 is 1.68 bits per heavy atom. The predicted octanol–water partition coefficient (Wildman–Crippen LogP) is 1.67. The molecule has 1 heterocycles. The van der Waals surface area contributed by atoms with E-state index in [1.54, 1.807) is 9.80 Å². The summed E-state index contributed by atoms with van der Waals surface area (Å²) in [4.78, 5) is 27.1. The highest BCUT2D eigenvalue weighted by molar-refractivity contribution is 5.78. The first-order valence-corrected chi connectivity index (χ1v) is 7.40. The summed E-state index contributed by atoms with van der Waals surface area (Å²) >= 11 is 0. The lowest BCUT2D eigenvalue weighted by molar-refractivity contribution is -0.133. The molecule has 0 bridgehead atoms. The van der Waals surface area contributed by atoms with Crippen molar-refractivity contribution in [2.45, 2.75) is 13.3 Å². The number of hydrogen-bond acceptors (Lipinski definition) is 4. The Labute approximate surface area is 130 Å². The van der Waals surface area contributed by atoms with Gasteiger partial charge in [0.1, 0.15) is 5.75 Å². The molecule has 1 aromatic carbocycles. The average Bonchev–Trinajstić information content (AvgIpc) is 2.79. The summed E-state index contributed by atoms with van der Waals surface area (Å²) in [5, 5.41) is 0. The first-order valence-electron chi connectivity index (χ1n) is 7.40. The maximum atomic E-state index is 12.2. The number of carbonyl (C=O) groups excluding carboxylic acids is 2. The molecule has 2 rings (SSSR count). The Morgan fingerprint density at radius 1 is 1.05 bits per heavy atom. The third kappa shape index (κ3) is 4.38. The quantitative estimate of drug-likeness (QED) is 0.852. The van der Waals surface area contributed by atoms with Gasteiger partial charge in [0.15, 0.2) is 6.61 Å². The van der Waals surface area contributed by atoms with E-state index in [1.165, 1.54) is 7.11 Å². The Bertz CT molecular complexity index is 515. The predicted molar refractivity (Wildman–Crippen MR) is 81.8 cm³/mol. The van der Waals surface area contributed by atoms with E-state index in [2.05, 4.69) is 0 Å². The first-order chi connectivity index (χ1) is 10.6. The van der Waals surface area contributed by atoms with Crippen molar-refractivity contribution in [1.29, 1.82) is 0 Å². The van der Waals surface area contributed by atoms with Gasteiger partial charge in [0.2, 0.25) is 0 Å². The molecule has 120 valence electrons. The molecule has 0 saturated carbocycles. The number of benzene rings is 1. The van der Waals surface area contributed by atoms with Crippen molar-refractivity contribution in [3.05, 3.63) is 29.8 Å². The van der Waals surface area contributed by atoms with Crippen molar-refractivity contribution in [3.63, 3.8) is 0 Å². The van der Waals surface area contributed by atoms with Crippen LogP contribution < -0.4 is 4.74 Å². The zero-order valence-electron chi connectivity index (χ0n) is 13.1. The number of carbonyl (C=O) groups is 2. The van der Waals surface area contributed by atoms with Crippen LogP contribution in [0.25, 0.3) is 0 Å². The molecule has 1 saturated heterocycles. The van der Waals surface area contributed by atoms with Gasteiger partial charge in [0, 0.05) is 26.2 Å². The van der Waals surface area contributed by atoms with Crippen LogP contribution in [-0.4, -0.2) is 61.7 Å². The highest BCUT2D eigenvalue weighted by Crippen LogP contribution is 2.12. The molecule has 1 aliphatic heterocycles. The van der Waals surface area contributed by atoms with Gasteiger partial charge in [-0.05, 0) is 25.5 Å². The van der Waals surface area contributed by atoms with Crippen molar-refractivity contribution in [2.75, 3.05) is 39.9 Å². The Kier molecular flexibility index (Phi) is 5.63. The standard InChI is InChI=1S/C16H22N2O4/c1-13-4-6-14(7-5-13)22-12-15(19)17-8-3-9-18(11-10-17)16(20)21-2/h4-7H,3,8-12H2,1-2H3. The van der Waals surface area contributed by atoms with Crippen molar-refractivity contribution in [2.24, 2.45) is 0 Å². The Balaban J connectivity index is 1.82. The number of ether oxygens (including phenoxy) is 2. The fraction of sp³-hybridized carbons (Fsp3) is 0.500. The molecule has 0 spiro atoms. The highest BCUT2D eigenvalue weighted by atomic mass is 16.5. The van der Waals surface area contributed by atoms with Crippen LogP contribution in [0.15, 0.2) is 24.3 Å². The molecule has 1 aromatic rings. The van der Waals surface area contributed by atoms with Crippen molar-refractivity contribution in [1.82, 2.24) is 9.80 Å². The Morgan fingerprint density at radius 3 is 2.36 bits per heavy atom. The molecule has 0 aliphatic carbocycles. The molecule has 22 heavy (non-hydrogen) atoms. The van der Waals surface area contributed by atoms with Crippen LogP contribution in [-0.2, 0) is 9.53 Å². The first kappa shape index (κ1) is 16.1. The summed E-state index contributed by atoms with van der Waals surface area (Å²) in [5.41, 5.74) is 1.15. The molecule has 6 nitrogen and oxygen atoms in total. The lowest BCUT2D eigenvalue weighted by atomic mass is 10.2.